The third kappa shape index (κ3) is 12.2. The quantitative estimate of drug-likeness (QED) is 0.0975. The zero-order valence-corrected chi connectivity index (χ0v) is 17.1. The molecule has 29 heavy (non-hydrogen) atoms. The Morgan fingerprint density at radius 2 is 1.66 bits per heavy atom. The van der Waals surface area contributed by atoms with E-state index in [1.54, 1.807) is 0 Å². The zero-order chi connectivity index (χ0) is 22.6. The number of carbonyl (C=O) groups excluding carboxylic acids is 3. The maximum Gasteiger partial charge on any atom is 0.326 e. The van der Waals surface area contributed by atoms with Gasteiger partial charge in [0.2, 0.25) is 17.7 Å². The van der Waals surface area contributed by atoms with Gasteiger partial charge < -0.3 is 38.3 Å². The minimum Gasteiger partial charge on any atom is -0.480 e. The van der Waals surface area contributed by atoms with Crippen LogP contribution in [0.3, 0.4) is 0 Å². The molecule has 0 fully saturated rings. The first-order chi connectivity index (χ1) is 13.4. The summed E-state index contributed by atoms with van der Waals surface area (Å²) < 4.78 is 0. The number of amides is 3. The third-order valence-electron chi connectivity index (χ3n) is 3.82. The van der Waals surface area contributed by atoms with E-state index in [1.807, 2.05) is 13.8 Å². The number of nitrogens with zero attached hydrogens (tertiary/aromatic N) is 1. The predicted molar refractivity (Wildman–Crippen MR) is 108 cm³/mol. The van der Waals surface area contributed by atoms with E-state index in [1.165, 1.54) is 6.92 Å². The molecule has 12 nitrogen and oxygen atoms in total. The van der Waals surface area contributed by atoms with Crippen LogP contribution >= 0.6 is 0 Å². The second kappa shape index (κ2) is 13.3. The van der Waals surface area contributed by atoms with E-state index in [4.69, 9.17) is 22.3 Å². The Morgan fingerprint density at radius 3 is 2.17 bits per heavy atom. The number of hydrogen-bond donors (Lipinski definition) is 7. The second-order valence-electron chi connectivity index (χ2n) is 7.09. The Balaban J connectivity index is 4.40. The van der Waals surface area contributed by atoms with Crippen molar-refractivity contribution in [1.29, 1.82) is 0 Å². The number of rotatable bonds is 13. The maximum absolute atomic E-state index is 12.0. The molecule has 0 rings (SSSR count). The molecule has 0 bridgehead atoms. The van der Waals surface area contributed by atoms with Crippen LogP contribution in [0.5, 0.6) is 0 Å². The summed E-state index contributed by atoms with van der Waals surface area (Å²) >= 11 is 0. The molecule has 0 aliphatic rings. The number of carbonyl (C=O) groups is 4. The number of aliphatic carboxylic acids is 1. The first-order valence-electron chi connectivity index (χ1n) is 9.35. The van der Waals surface area contributed by atoms with Crippen molar-refractivity contribution in [2.24, 2.45) is 28.1 Å². The van der Waals surface area contributed by atoms with Crippen LogP contribution in [0.15, 0.2) is 4.99 Å². The van der Waals surface area contributed by atoms with Gasteiger partial charge >= 0.3 is 5.97 Å². The van der Waals surface area contributed by atoms with Gasteiger partial charge in [0, 0.05) is 6.54 Å². The molecule has 0 heterocycles. The van der Waals surface area contributed by atoms with E-state index < -0.39 is 48.4 Å². The number of nitrogens with two attached hydrogens (primary N) is 3. The fraction of sp³-hybridized carbons (Fsp3) is 0.706. The van der Waals surface area contributed by atoms with Gasteiger partial charge in [-0.15, -0.1) is 0 Å². The molecule has 0 aromatic carbocycles. The minimum atomic E-state index is -1.21. The third-order valence-corrected chi connectivity index (χ3v) is 3.82. The fourth-order valence-corrected chi connectivity index (χ4v) is 2.33. The summed E-state index contributed by atoms with van der Waals surface area (Å²) in [6, 6.07) is -2.77. The lowest BCUT2D eigenvalue weighted by molar-refractivity contribution is -0.142. The van der Waals surface area contributed by atoms with E-state index in [0.717, 1.165) is 0 Å². The van der Waals surface area contributed by atoms with Gasteiger partial charge in [-0.3, -0.25) is 19.4 Å². The van der Waals surface area contributed by atoms with Crippen molar-refractivity contribution >= 4 is 29.7 Å². The van der Waals surface area contributed by atoms with Crippen LogP contribution in [0.25, 0.3) is 0 Å². The molecular weight excluding hydrogens is 382 g/mol. The largest absolute Gasteiger partial charge is 0.480 e. The van der Waals surface area contributed by atoms with Crippen molar-refractivity contribution in [2.45, 2.75) is 58.2 Å². The van der Waals surface area contributed by atoms with Crippen molar-refractivity contribution in [2.75, 3.05) is 13.1 Å². The van der Waals surface area contributed by atoms with Gasteiger partial charge in [-0.25, -0.2) is 4.79 Å². The van der Waals surface area contributed by atoms with E-state index in [9.17, 15) is 19.2 Å². The molecular formula is C17H33N7O5. The van der Waals surface area contributed by atoms with E-state index >= 15 is 0 Å². The monoisotopic (exact) mass is 415 g/mol. The molecule has 0 aromatic heterocycles. The Hall–Kier alpha value is -2.89. The molecule has 0 aliphatic carbocycles. The van der Waals surface area contributed by atoms with Gasteiger partial charge in [0.15, 0.2) is 5.96 Å². The van der Waals surface area contributed by atoms with Crippen LogP contribution in [0.4, 0.5) is 0 Å². The lowest BCUT2D eigenvalue weighted by atomic mass is 10.0. The number of guanidine groups is 1. The first-order valence-corrected chi connectivity index (χ1v) is 9.35. The number of hydrogen-bond acceptors (Lipinski definition) is 6. The SMILES string of the molecule is CC(C)CC(N)C(=O)NC(C)C(=O)NCC(=O)NC(CCCN=C(N)N)C(=O)O. The molecule has 0 aromatic rings. The number of carboxylic acids is 1. The highest BCUT2D eigenvalue weighted by atomic mass is 16.4. The minimum absolute atomic E-state index is 0.102. The predicted octanol–water partition coefficient (Wildman–Crippen LogP) is -2.40. The highest BCUT2D eigenvalue weighted by Crippen LogP contribution is 2.03. The summed E-state index contributed by atoms with van der Waals surface area (Å²) in [7, 11) is 0. The number of carboxylic acid groups (broad SMARTS) is 1. The summed E-state index contributed by atoms with van der Waals surface area (Å²) in [5.41, 5.74) is 16.1. The summed E-state index contributed by atoms with van der Waals surface area (Å²) in [6.07, 6.45) is 0.940. The average molecular weight is 415 g/mol. The van der Waals surface area contributed by atoms with Crippen LogP contribution in [0.2, 0.25) is 0 Å². The molecule has 3 unspecified atom stereocenters. The Kier molecular flexibility index (Phi) is 12.0. The maximum atomic E-state index is 12.0. The van der Waals surface area contributed by atoms with Crippen LogP contribution < -0.4 is 33.2 Å². The molecule has 12 heteroatoms. The Labute approximate surface area is 170 Å². The van der Waals surface area contributed by atoms with E-state index in [-0.39, 0.29) is 24.8 Å². The summed E-state index contributed by atoms with van der Waals surface area (Å²) in [4.78, 5) is 50.8. The molecule has 3 amide bonds. The van der Waals surface area contributed by atoms with Crippen molar-refractivity contribution < 1.29 is 24.3 Å². The summed E-state index contributed by atoms with van der Waals surface area (Å²) in [6.45, 7) is 5.10. The number of nitrogens with one attached hydrogen (secondary N) is 3. The molecule has 10 N–H and O–H groups in total. The van der Waals surface area contributed by atoms with Gasteiger partial charge in [-0.05, 0) is 32.1 Å². The van der Waals surface area contributed by atoms with Crippen LogP contribution in [-0.2, 0) is 19.2 Å². The lowest BCUT2D eigenvalue weighted by Gasteiger charge is -2.19. The second-order valence-corrected chi connectivity index (χ2v) is 7.09. The number of aliphatic imine (C=N–C) groups is 1. The Morgan fingerprint density at radius 1 is 1.03 bits per heavy atom. The molecule has 0 spiro atoms. The normalized spacial score (nSPS) is 13.7. The smallest absolute Gasteiger partial charge is 0.326 e. The van der Waals surface area contributed by atoms with Crippen LogP contribution in [0, 0.1) is 5.92 Å². The molecule has 3 atom stereocenters. The van der Waals surface area contributed by atoms with Crippen molar-refractivity contribution in [1.82, 2.24) is 16.0 Å². The summed E-state index contributed by atoms with van der Waals surface area (Å²) in [5.74, 6) is -2.82. The lowest BCUT2D eigenvalue weighted by Crippen LogP contribution is -2.52. The molecule has 0 saturated carbocycles. The van der Waals surface area contributed by atoms with Gasteiger partial charge in [0.1, 0.15) is 12.1 Å². The zero-order valence-electron chi connectivity index (χ0n) is 17.1. The van der Waals surface area contributed by atoms with Gasteiger partial charge in [0.05, 0.1) is 12.6 Å². The van der Waals surface area contributed by atoms with Crippen molar-refractivity contribution in [3.63, 3.8) is 0 Å². The standard InChI is InChI=1S/C17H33N7O5/c1-9(2)7-11(18)15(27)23-10(3)14(26)22-8-13(25)24-12(16(28)29)5-4-6-21-17(19)20/h9-12H,4-8,18H2,1-3H3,(H,22,26)(H,23,27)(H,24,25)(H,28,29)(H4,19,20,21). The highest BCUT2D eigenvalue weighted by molar-refractivity contribution is 5.92. The van der Waals surface area contributed by atoms with Gasteiger partial charge in [-0.1, -0.05) is 13.8 Å². The fourth-order valence-electron chi connectivity index (χ4n) is 2.33. The van der Waals surface area contributed by atoms with Crippen LogP contribution in [-0.4, -0.2) is 66.0 Å². The van der Waals surface area contributed by atoms with Crippen molar-refractivity contribution in [3.05, 3.63) is 0 Å². The summed E-state index contributed by atoms with van der Waals surface area (Å²) in [5, 5.41) is 16.3. The first kappa shape index (κ1) is 26.1. The van der Waals surface area contributed by atoms with E-state index in [2.05, 4.69) is 20.9 Å². The molecule has 166 valence electrons. The van der Waals surface area contributed by atoms with Crippen molar-refractivity contribution in [3.8, 4) is 0 Å². The van der Waals surface area contributed by atoms with Crippen LogP contribution in [0.1, 0.15) is 40.0 Å². The molecule has 0 aliphatic heterocycles. The molecule has 0 saturated heterocycles. The van der Waals surface area contributed by atoms with E-state index in [0.29, 0.717) is 12.8 Å². The average Bonchev–Trinajstić information content (AvgIpc) is 2.60. The van der Waals surface area contributed by atoms with Gasteiger partial charge in [-0.2, -0.15) is 0 Å². The van der Waals surface area contributed by atoms with Gasteiger partial charge in [0.25, 0.3) is 0 Å². The topological polar surface area (TPSA) is 215 Å². The highest BCUT2D eigenvalue weighted by Gasteiger charge is 2.22. The Bertz CT molecular complexity index is 605. The molecule has 0 radical (unpaired) electrons.